The molecule has 0 saturated heterocycles. The molecule has 0 atom stereocenters. The minimum atomic E-state index is 0.387. The van der Waals surface area contributed by atoms with Gasteiger partial charge in [-0.1, -0.05) is 15.9 Å². The van der Waals surface area contributed by atoms with E-state index in [4.69, 9.17) is 5.84 Å². The number of nitrogen functional groups attached to an aromatic ring is 1. The van der Waals surface area contributed by atoms with Gasteiger partial charge in [-0.05, 0) is 47.1 Å². The molecule has 108 valence electrons. The summed E-state index contributed by atoms with van der Waals surface area (Å²) in [6.45, 7) is 2.04. The van der Waals surface area contributed by atoms with Crippen LogP contribution in [-0.2, 0) is 0 Å². The van der Waals surface area contributed by atoms with Gasteiger partial charge in [0.2, 0.25) is 5.95 Å². The number of halogens is 2. The highest BCUT2D eigenvalue weighted by Crippen LogP contribution is 2.34. The summed E-state index contributed by atoms with van der Waals surface area (Å²) in [6.07, 6.45) is 0. The molecule has 2 heterocycles. The lowest BCUT2D eigenvalue weighted by Gasteiger charge is -2.10. The van der Waals surface area contributed by atoms with Gasteiger partial charge in [0, 0.05) is 13.8 Å². The summed E-state index contributed by atoms with van der Waals surface area (Å²) in [5.74, 6) is 6.55. The molecule has 0 bridgehead atoms. The van der Waals surface area contributed by atoms with E-state index in [-0.39, 0.29) is 0 Å². The number of fused-ring (bicyclic) bond motifs is 1. The fourth-order valence-corrected chi connectivity index (χ4v) is 3.51. The first-order valence-corrected chi connectivity index (χ1v) is 8.44. The SMILES string of the molecule is Cc1cc2c(Nc3cc(Br)ccc3Br)nc(NN)nc2s1. The van der Waals surface area contributed by atoms with E-state index in [0.717, 1.165) is 30.7 Å². The molecule has 0 aliphatic rings. The van der Waals surface area contributed by atoms with Gasteiger partial charge in [0.1, 0.15) is 10.6 Å². The largest absolute Gasteiger partial charge is 0.339 e. The number of benzene rings is 1. The Labute approximate surface area is 142 Å². The number of anilines is 3. The zero-order valence-corrected chi connectivity index (χ0v) is 14.9. The average Bonchev–Trinajstić information content (AvgIpc) is 2.83. The molecular weight excluding hydrogens is 418 g/mol. The second kappa shape index (κ2) is 5.88. The number of nitrogens with two attached hydrogens (primary N) is 1. The minimum absolute atomic E-state index is 0.387. The van der Waals surface area contributed by atoms with Crippen molar-refractivity contribution in [1.82, 2.24) is 9.97 Å². The molecule has 5 nitrogen and oxygen atoms in total. The third-order valence-electron chi connectivity index (χ3n) is 2.83. The molecule has 0 saturated carbocycles. The summed E-state index contributed by atoms with van der Waals surface area (Å²) in [6, 6.07) is 7.97. The lowest BCUT2D eigenvalue weighted by Crippen LogP contribution is -2.11. The van der Waals surface area contributed by atoms with Crippen LogP contribution in [0.4, 0.5) is 17.5 Å². The van der Waals surface area contributed by atoms with Gasteiger partial charge >= 0.3 is 0 Å². The number of nitrogens with zero attached hydrogens (tertiary/aromatic N) is 2. The molecule has 0 aliphatic heterocycles. The van der Waals surface area contributed by atoms with Crippen molar-refractivity contribution in [2.24, 2.45) is 5.84 Å². The quantitative estimate of drug-likeness (QED) is 0.421. The molecule has 0 fully saturated rings. The highest BCUT2D eigenvalue weighted by Gasteiger charge is 2.11. The Balaban J connectivity index is 2.12. The Morgan fingerprint density at radius 3 is 2.76 bits per heavy atom. The van der Waals surface area contributed by atoms with E-state index in [1.807, 2.05) is 25.1 Å². The van der Waals surface area contributed by atoms with E-state index in [0.29, 0.717) is 5.95 Å². The summed E-state index contributed by atoms with van der Waals surface area (Å²) in [4.78, 5) is 10.8. The van der Waals surface area contributed by atoms with E-state index in [9.17, 15) is 0 Å². The maximum atomic E-state index is 5.45. The van der Waals surface area contributed by atoms with Gasteiger partial charge in [-0.15, -0.1) is 11.3 Å². The van der Waals surface area contributed by atoms with Crippen molar-refractivity contribution in [3.8, 4) is 0 Å². The van der Waals surface area contributed by atoms with E-state index in [2.05, 4.69) is 58.6 Å². The summed E-state index contributed by atoms with van der Waals surface area (Å²) in [7, 11) is 0. The Bertz CT molecular complexity index is 818. The molecule has 0 amide bonds. The predicted molar refractivity (Wildman–Crippen MR) is 95.1 cm³/mol. The zero-order valence-electron chi connectivity index (χ0n) is 10.9. The topological polar surface area (TPSA) is 75.9 Å². The van der Waals surface area contributed by atoms with Gasteiger partial charge in [0.05, 0.1) is 11.1 Å². The fraction of sp³-hybridized carbons (Fsp3) is 0.0769. The first-order chi connectivity index (χ1) is 10.1. The van der Waals surface area contributed by atoms with Crippen LogP contribution in [0.3, 0.4) is 0 Å². The smallest absolute Gasteiger partial charge is 0.240 e. The summed E-state index contributed by atoms with van der Waals surface area (Å²) in [5, 5.41) is 4.30. The van der Waals surface area contributed by atoms with Gasteiger partial charge < -0.3 is 5.32 Å². The van der Waals surface area contributed by atoms with E-state index in [1.54, 1.807) is 11.3 Å². The van der Waals surface area contributed by atoms with Gasteiger partial charge in [-0.2, -0.15) is 4.98 Å². The number of aromatic nitrogens is 2. The van der Waals surface area contributed by atoms with Crippen LogP contribution in [0.5, 0.6) is 0 Å². The molecule has 1 aromatic carbocycles. The summed E-state index contributed by atoms with van der Waals surface area (Å²) >= 11 is 8.60. The number of hydrazine groups is 1. The Kier molecular flexibility index (Phi) is 4.12. The number of hydrogen-bond donors (Lipinski definition) is 3. The lowest BCUT2D eigenvalue weighted by molar-refractivity contribution is 1.16. The average molecular weight is 429 g/mol. The summed E-state index contributed by atoms with van der Waals surface area (Å²) < 4.78 is 1.93. The van der Waals surface area contributed by atoms with Crippen molar-refractivity contribution in [2.75, 3.05) is 10.7 Å². The van der Waals surface area contributed by atoms with Crippen molar-refractivity contribution < 1.29 is 0 Å². The third-order valence-corrected chi connectivity index (χ3v) is 4.96. The second-order valence-electron chi connectivity index (χ2n) is 4.37. The van der Waals surface area contributed by atoms with Gasteiger partial charge in [-0.3, -0.25) is 5.43 Å². The van der Waals surface area contributed by atoms with Crippen LogP contribution in [0.1, 0.15) is 4.88 Å². The maximum absolute atomic E-state index is 5.45. The number of thiophene rings is 1. The van der Waals surface area contributed by atoms with E-state index in [1.165, 1.54) is 4.88 Å². The minimum Gasteiger partial charge on any atom is -0.339 e. The van der Waals surface area contributed by atoms with Crippen LogP contribution < -0.4 is 16.6 Å². The van der Waals surface area contributed by atoms with Gasteiger partial charge in [-0.25, -0.2) is 10.8 Å². The molecule has 0 aliphatic carbocycles. The van der Waals surface area contributed by atoms with E-state index < -0.39 is 0 Å². The van der Waals surface area contributed by atoms with Crippen LogP contribution in [0, 0.1) is 6.92 Å². The van der Waals surface area contributed by atoms with Gasteiger partial charge in [0.25, 0.3) is 0 Å². The predicted octanol–water partition coefficient (Wildman–Crippen LogP) is 4.55. The van der Waals surface area contributed by atoms with Crippen molar-refractivity contribution >= 4 is 70.9 Å². The van der Waals surface area contributed by atoms with Crippen molar-refractivity contribution in [2.45, 2.75) is 6.92 Å². The van der Waals surface area contributed by atoms with Gasteiger partial charge in [0.15, 0.2) is 0 Å². The van der Waals surface area contributed by atoms with Crippen LogP contribution in [0.15, 0.2) is 33.2 Å². The molecule has 21 heavy (non-hydrogen) atoms. The fourth-order valence-electron chi connectivity index (χ4n) is 1.92. The van der Waals surface area contributed by atoms with E-state index >= 15 is 0 Å². The Morgan fingerprint density at radius 2 is 2.00 bits per heavy atom. The first-order valence-electron chi connectivity index (χ1n) is 6.03. The highest BCUT2D eigenvalue weighted by atomic mass is 79.9. The molecule has 0 spiro atoms. The van der Waals surface area contributed by atoms with Crippen LogP contribution in [0.25, 0.3) is 10.2 Å². The van der Waals surface area contributed by atoms with Crippen LogP contribution >= 0.6 is 43.2 Å². The van der Waals surface area contributed by atoms with Crippen LogP contribution in [-0.4, -0.2) is 9.97 Å². The highest BCUT2D eigenvalue weighted by molar-refractivity contribution is 9.11. The number of nitrogens with one attached hydrogen (secondary N) is 2. The second-order valence-corrected chi connectivity index (χ2v) is 7.37. The number of hydrogen-bond acceptors (Lipinski definition) is 6. The van der Waals surface area contributed by atoms with Crippen LogP contribution in [0.2, 0.25) is 0 Å². The number of rotatable bonds is 3. The maximum Gasteiger partial charge on any atom is 0.240 e. The first kappa shape index (κ1) is 14.7. The molecule has 3 rings (SSSR count). The molecule has 2 aromatic heterocycles. The number of aryl methyl sites for hydroxylation is 1. The normalized spacial score (nSPS) is 10.9. The zero-order chi connectivity index (χ0) is 15.0. The molecule has 8 heteroatoms. The third kappa shape index (κ3) is 3.03. The Hall–Kier alpha value is -1.22. The van der Waals surface area contributed by atoms with Crippen molar-refractivity contribution in [1.29, 1.82) is 0 Å². The molecular formula is C13H11Br2N5S. The lowest BCUT2D eigenvalue weighted by atomic mass is 10.3. The molecule has 0 unspecified atom stereocenters. The standard InChI is InChI=1S/C13H11Br2N5S/c1-6-4-8-11(18-13(20-16)19-12(8)21-6)17-10-5-7(14)2-3-9(10)15/h2-5H,16H2,1H3,(H2,17,18,19,20). The molecule has 3 aromatic rings. The summed E-state index contributed by atoms with van der Waals surface area (Å²) in [5.41, 5.74) is 3.42. The monoisotopic (exact) mass is 427 g/mol. The Morgan fingerprint density at radius 1 is 1.19 bits per heavy atom. The molecule has 0 radical (unpaired) electrons. The van der Waals surface area contributed by atoms with Crippen molar-refractivity contribution in [3.05, 3.63) is 38.1 Å². The molecule has 4 N–H and O–H groups in total. The van der Waals surface area contributed by atoms with Crippen molar-refractivity contribution in [3.63, 3.8) is 0 Å².